The van der Waals surface area contributed by atoms with Gasteiger partial charge in [0.2, 0.25) is 0 Å². The monoisotopic (exact) mass is 201 g/mol. The third-order valence-electron chi connectivity index (χ3n) is 2.34. The average molecular weight is 201 g/mol. The van der Waals surface area contributed by atoms with Crippen LogP contribution >= 0.6 is 0 Å². The Bertz CT molecular complexity index is 434. The summed E-state index contributed by atoms with van der Waals surface area (Å²) in [4.78, 5) is 4.31. The molecule has 0 unspecified atom stereocenters. The number of fused-ring (bicyclic) bond motifs is 1. The molecule has 0 bridgehead atoms. The summed E-state index contributed by atoms with van der Waals surface area (Å²) in [6.45, 7) is 1.88. The van der Waals surface area contributed by atoms with Crippen molar-refractivity contribution in [2.75, 3.05) is 25.5 Å². The zero-order chi connectivity index (χ0) is 10.5. The third-order valence-corrected chi connectivity index (χ3v) is 2.34. The Balaban J connectivity index is 2.26. The SMILES string of the molecule is CNCCNc1ccnc2ccccc12. The molecule has 0 aliphatic rings. The van der Waals surface area contributed by atoms with E-state index in [4.69, 9.17) is 0 Å². The van der Waals surface area contributed by atoms with Crippen LogP contribution in [0.2, 0.25) is 0 Å². The molecule has 3 nitrogen and oxygen atoms in total. The van der Waals surface area contributed by atoms with Crippen LogP contribution in [0, 0.1) is 0 Å². The van der Waals surface area contributed by atoms with Gasteiger partial charge in [-0.2, -0.15) is 0 Å². The van der Waals surface area contributed by atoms with Gasteiger partial charge in [0.25, 0.3) is 0 Å². The number of anilines is 1. The molecule has 2 rings (SSSR count). The maximum Gasteiger partial charge on any atom is 0.0722 e. The van der Waals surface area contributed by atoms with Gasteiger partial charge >= 0.3 is 0 Å². The summed E-state index contributed by atoms with van der Waals surface area (Å²) in [5.74, 6) is 0. The number of aromatic nitrogens is 1. The molecule has 0 saturated heterocycles. The minimum Gasteiger partial charge on any atom is -0.383 e. The lowest BCUT2D eigenvalue weighted by Crippen LogP contribution is -2.17. The van der Waals surface area contributed by atoms with E-state index in [1.807, 2.05) is 37.5 Å². The highest BCUT2D eigenvalue weighted by atomic mass is 14.9. The Morgan fingerprint density at radius 1 is 1.13 bits per heavy atom. The molecule has 2 N–H and O–H groups in total. The Morgan fingerprint density at radius 2 is 2.00 bits per heavy atom. The van der Waals surface area contributed by atoms with E-state index in [1.165, 1.54) is 5.39 Å². The van der Waals surface area contributed by atoms with Crippen molar-refractivity contribution < 1.29 is 0 Å². The van der Waals surface area contributed by atoms with Crippen molar-refractivity contribution >= 4 is 16.6 Å². The van der Waals surface area contributed by atoms with Gasteiger partial charge in [0.15, 0.2) is 0 Å². The number of hydrogen-bond acceptors (Lipinski definition) is 3. The lowest BCUT2D eigenvalue weighted by Gasteiger charge is -2.08. The number of benzene rings is 1. The lowest BCUT2D eigenvalue weighted by atomic mass is 10.2. The number of pyridine rings is 1. The van der Waals surface area contributed by atoms with Crippen molar-refractivity contribution in [1.29, 1.82) is 0 Å². The van der Waals surface area contributed by atoms with Crippen LogP contribution < -0.4 is 10.6 Å². The first-order valence-electron chi connectivity index (χ1n) is 5.14. The molecule has 0 aliphatic carbocycles. The molecule has 0 aliphatic heterocycles. The van der Waals surface area contributed by atoms with Gasteiger partial charge in [-0.1, -0.05) is 18.2 Å². The fourth-order valence-corrected chi connectivity index (χ4v) is 1.57. The van der Waals surface area contributed by atoms with Crippen LogP contribution in [0.5, 0.6) is 0 Å². The van der Waals surface area contributed by atoms with Crippen molar-refractivity contribution in [3.63, 3.8) is 0 Å². The van der Waals surface area contributed by atoms with E-state index < -0.39 is 0 Å². The van der Waals surface area contributed by atoms with Crippen LogP contribution in [-0.4, -0.2) is 25.1 Å². The second kappa shape index (κ2) is 4.75. The van der Waals surface area contributed by atoms with E-state index in [1.54, 1.807) is 0 Å². The van der Waals surface area contributed by atoms with Crippen molar-refractivity contribution in [2.24, 2.45) is 0 Å². The van der Waals surface area contributed by atoms with Crippen molar-refractivity contribution in [3.05, 3.63) is 36.5 Å². The molecule has 2 aromatic rings. The van der Waals surface area contributed by atoms with Crippen LogP contribution in [0.25, 0.3) is 10.9 Å². The topological polar surface area (TPSA) is 37.0 Å². The average Bonchev–Trinajstić information content (AvgIpc) is 2.30. The first-order valence-corrected chi connectivity index (χ1v) is 5.14. The molecular weight excluding hydrogens is 186 g/mol. The van der Waals surface area contributed by atoms with Gasteiger partial charge in [0.1, 0.15) is 0 Å². The first kappa shape index (κ1) is 9.93. The fourth-order valence-electron chi connectivity index (χ4n) is 1.57. The smallest absolute Gasteiger partial charge is 0.0722 e. The van der Waals surface area contributed by atoms with Gasteiger partial charge in [-0.05, 0) is 19.2 Å². The van der Waals surface area contributed by atoms with E-state index in [9.17, 15) is 0 Å². The summed E-state index contributed by atoms with van der Waals surface area (Å²) >= 11 is 0. The second-order valence-corrected chi connectivity index (χ2v) is 3.41. The summed E-state index contributed by atoms with van der Waals surface area (Å²) in [5.41, 5.74) is 2.18. The molecule has 78 valence electrons. The number of nitrogens with one attached hydrogen (secondary N) is 2. The van der Waals surface area contributed by atoms with Gasteiger partial charge in [-0.3, -0.25) is 4.98 Å². The Hall–Kier alpha value is -1.61. The minimum atomic E-state index is 0.921. The van der Waals surface area contributed by atoms with Crippen LogP contribution in [0.1, 0.15) is 0 Å². The predicted octanol–water partition coefficient (Wildman–Crippen LogP) is 1.87. The molecule has 1 aromatic heterocycles. The molecule has 1 heterocycles. The van der Waals surface area contributed by atoms with E-state index in [2.05, 4.69) is 21.7 Å². The largest absolute Gasteiger partial charge is 0.383 e. The van der Waals surface area contributed by atoms with Crippen molar-refractivity contribution in [2.45, 2.75) is 0 Å². The number of rotatable bonds is 4. The second-order valence-electron chi connectivity index (χ2n) is 3.41. The zero-order valence-corrected chi connectivity index (χ0v) is 8.83. The van der Waals surface area contributed by atoms with Crippen LogP contribution in [0.3, 0.4) is 0 Å². The van der Waals surface area contributed by atoms with Crippen molar-refractivity contribution in [1.82, 2.24) is 10.3 Å². The number of hydrogen-bond donors (Lipinski definition) is 2. The summed E-state index contributed by atoms with van der Waals surface area (Å²) in [6.07, 6.45) is 1.84. The maximum atomic E-state index is 4.31. The summed E-state index contributed by atoms with van der Waals surface area (Å²) in [6, 6.07) is 10.2. The summed E-state index contributed by atoms with van der Waals surface area (Å²) in [5, 5.41) is 7.67. The highest BCUT2D eigenvalue weighted by Crippen LogP contribution is 2.20. The molecular formula is C12H15N3. The van der Waals surface area contributed by atoms with E-state index in [0.29, 0.717) is 0 Å². The van der Waals surface area contributed by atoms with E-state index in [-0.39, 0.29) is 0 Å². The standard InChI is InChI=1S/C12H15N3/c1-13-8-9-15-12-6-7-14-11-5-3-2-4-10(11)12/h2-7,13H,8-9H2,1H3,(H,14,15). The highest BCUT2D eigenvalue weighted by Gasteiger charge is 1.98. The van der Waals surface area contributed by atoms with Crippen molar-refractivity contribution in [3.8, 4) is 0 Å². The lowest BCUT2D eigenvalue weighted by molar-refractivity contribution is 0.824. The van der Waals surface area contributed by atoms with Gasteiger partial charge in [-0.15, -0.1) is 0 Å². The fraction of sp³-hybridized carbons (Fsp3) is 0.250. The molecule has 0 saturated carbocycles. The van der Waals surface area contributed by atoms with Gasteiger partial charge in [0, 0.05) is 30.4 Å². The molecule has 0 spiro atoms. The Morgan fingerprint density at radius 3 is 2.87 bits per heavy atom. The van der Waals surface area contributed by atoms with E-state index >= 15 is 0 Å². The van der Waals surface area contributed by atoms with Crippen LogP contribution in [0.4, 0.5) is 5.69 Å². The molecule has 0 amide bonds. The zero-order valence-electron chi connectivity index (χ0n) is 8.83. The molecule has 3 heteroatoms. The highest BCUT2D eigenvalue weighted by molar-refractivity contribution is 5.90. The number of nitrogens with zero attached hydrogens (tertiary/aromatic N) is 1. The molecule has 0 fully saturated rings. The first-order chi connectivity index (χ1) is 7.42. The van der Waals surface area contributed by atoms with Gasteiger partial charge in [0.05, 0.1) is 5.52 Å². The molecule has 1 aromatic carbocycles. The summed E-state index contributed by atoms with van der Waals surface area (Å²) < 4.78 is 0. The quantitative estimate of drug-likeness (QED) is 0.741. The summed E-state index contributed by atoms with van der Waals surface area (Å²) in [7, 11) is 1.95. The Labute approximate surface area is 89.5 Å². The van der Waals surface area contributed by atoms with Gasteiger partial charge < -0.3 is 10.6 Å². The normalized spacial score (nSPS) is 10.5. The minimum absolute atomic E-state index is 0.921. The van der Waals surface area contributed by atoms with Crippen LogP contribution in [0.15, 0.2) is 36.5 Å². The molecule has 15 heavy (non-hydrogen) atoms. The Kier molecular flexibility index (Phi) is 3.15. The molecule has 0 radical (unpaired) electrons. The van der Waals surface area contributed by atoms with Crippen LogP contribution in [-0.2, 0) is 0 Å². The molecule has 0 atom stereocenters. The van der Waals surface area contributed by atoms with Gasteiger partial charge in [-0.25, -0.2) is 0 Å². The number of para-hydroxylation sites is 1. The third kappa shape index (κ3) is 2.25. The maximum absolute atomic E-state index is 4.31. The number of likely N-dealkylation sites (N-methyl/N-ethyl adjacent to an activating group) is 1. The predicted molar refractivity (Wildman–Crippen MR) is 64.2 cm³/mol. The van der Waals surface area contributed by atoms with E-state index in [0.717, 1.165) is 24.3 Å².